The van der Waals surface area contributed by atoms with Gasteiger partial charge in [-0.2, -0.15) is 0 Å². The first-order chi connectivity index (χ1) is 17.2. The van der Waals surface area contributed by atoms with Crippen LogP contribution < -0.4 is 0 Å². The molecule has 0 heterocycles. The molecule has 4 rings (SSSR count). The minimum atomic E-state index is 0. The van der Waals surface area contributed by atoms with Crippen molar-refractivity contribution in [2.24, 2.45) is 0 Å². The molecule has 0 saturated heterocycles. The van der Waals surface area contributed by atoms with Gasteiger partial charge in [-0.05, 0) is 49.9 Å². The summed E-state index contributed by atoms with van der Waals surface area (Å²) in [5.41, 5.74) is 9.36. The van der Waals surface area contributed by atoms with Crippen molar-refractivity contribution in [3.05, 3.63) is 170 Å². The van der Waals surface area contributed by atoms with E-state index in [2.05, 4.69) is 74.8 Å². The second-order valence-electron chi connectivity index (χ2n) is 8.59. The zero-order chi connectivity index (χ0) is 26.8. The third kappa shape index (κ3) is 16.7. The van der Waals surface area contributed by atoms with Crippen LogP contribution in [0.1, 0.15) is 49.9 Å². The zero-order valence-corrected chi connectivity index (χ0v) is 22.4. The molecule has 2 heteroatoms. The summed E-state index contributed by atoms with van der Waals surface area (Å²) in [4.78, 5) is 0. The van der Waals surface area contributed by atoms with E-state index in [1.54, 1.807) is 0 Å². The monoisotopic (exact) mass is 488 g/mol. The van der Waals surface area contributed by atoms with Crippen molar-refractivity contribution >= 4 is 60.0 Å². The standard InChI is InChI=1S/4C9H10.2Li.2H/c4*1-8(2)9-6-4-3-5-7-9;;;;/h4*3-7H,1H2,2H3;;;;. The quantitative estimate of drug-likeness (QED) is 0.251. The molecule has 0 aliphatic rings. The van der Waals surface area contributed by atoms with E-state index in [-0.39, 0.29) is 37.7 Å². The van der Waals surface area contributed by atoms with Gasteiger partial charge in [-0.3, -0.25) is 0 Å². The summed E-state index contributed by atoms with van der Waals surface area (Å²) >= 11 is 0. The summed E-state index contributed by atoms with van der Waals surface area (Å²) in [6, 6.07) is 40.6. The minimum absolute atomic E-state index is 0. The Kier molecular flexibility index (Phi) is 21.6. The average molecular weight is 489 g/mol. The number of rotatable bonds is 4. The van der Waals surface area contributed by atoms with Gasteiger partial charge < -0.3 is 0 Å². The maximum atomic E-state index is 3.83. The molecule has 0 nitrogen and oxygen atoms in total. The molecule has 0 fully saturated rings. The van der Waals surface area contributed by atoms with Crippen molar-refractivity contribution in [3.8, 4) is 0 Å². The molecular formula is C36H42Li2. The Morgan fingerprint density at radius 3 is 0.526 bits per heavy atom. The molecule has 0 atom stereocenters. The average Bonchev–Trinajstić information content (AvgIpc) is 2.92. The molecular weight excluding hydrogens is 446 g/mol. The number of benzene rings is 4. The number of hydrogen-bond acceptors (Lipinski definition) is 0. The van der Waals surface area contributed by atoms with E-state index in [4.69, 9.17) is 0 Å². The zero-order valence-electron chi connectivity index (χ0n) is 22.4. The van der Waals surface area contributed by atoms with Crippen molar-refractivity contribution in [1.82, 2.24) is 0 Å². The molecule has 188 valence electrons. The van der Waals surface area contributed by atoms with E-state index < -0.39 is 0 Å². The Labute approximate surface area is 256 Å². The number of hydrogen-bond donors (Lipinski definition) is 0. The molecule has 0 unspecified atom stereocenters. The van der Waals surface area contributed by atoms with E-state index in [1.807, 2.05) is 100 Å². The van der Waals surface area contributed by atoms with Crippen LogP contribution in [0.25, 0.3) is 22.3 Å². The summed E-state index contributed by atoms with van der Waals surface area (Å²) in [5, 5.41) is 0. The predicted molar refractivity (Wildman–Crippen MR) is 179 cm³/mol. The van der Waals surface area contributed by atoms with Gasteiger partial charge in [0, 0.05) is 0 Å². The predicted octanol–water partition coefficient (Wildman–Crippen LogP) is 9.58. The van der Waals surface area contributed by atoms with Gasteiger partial charge >= 0.3 is 37.7 Å². The third-order valence-electron chi connectivity index (χ3n) is 5.07. The van der Waals surface area contributed by atoms with Crippen molar-refractivity contribution in [2.45, 2.75) is 27.7 Å². The van der Waals surface area contributed by atoms with Crippen LogP contribution in [0.3, 0.4) is 0 Å². The van der Waals surface area contributed by atoms with Gasteiger partial charge in [0.15, 0.2) is 0 Å². The first-order valence-corrected chi connectivity index (χ1v) is 12.1. The number of allylic oxidation sites excluding steroid dienone is 4. The van der Waals surface area contributed by atoms with Gasteiger partial charge in [0.1, 0.15) is 0 Å². The fourth-order valence-electron chi connectivity index (χ4n) is 2.89. The van der Waals surface area contributed by atoms with E-state index >= 15 is 0 Å². The van der Waals surface area contributed by atoms with Gasteiger partial charge in [-0.1, -0.05) is 170 Å². The van der Waals surface area contributed by atoms with Crippen LogP contribution >= 0.6 is 0 Å². The van der Waals surface area contributed by atoms with Crippen LogP contribution in [0.5, 0.6) is 0 Å². The van der Waals surface area contributed by atoms with E-state index in [9.17, 15) is 0 Å². The molecule has 38 heavy (non-hydrogen) atoms. The SMILES string of the molecule is C=C(C)c1ccccc1.C=C(C)c1ccccc1.C=C(C)c1ccccc1.C=C(C)c1ccccc1.[LiH].[LiH]. The molecule has 0 aromatic heterocycles. The molecule has 0 radical (unpaired) electrons. The van der Waals surface area contributed by atoms with Gasteiger partial charge in [0.25, 0.3) is 0 Å². The molecule has 0 aliphatic heterocycles. The van der Waals surface area contributed by atoms with E-state index in [1.165, 1.54) is 22.3 Å². The van der Waals surface area contributed by atoms with Crippen molar-refractivity contribution in [2.75, 3.05) is 0 Å². The normalized spacial score (nSPS) is 8.53. The van der Waals surface area contributed by atoms with Crippen molar-refractivity contribution in [1.29, 1.82) is 0 Å². The summed E-state index contributed by atoms with van der Waals surface area (Å²) in [6.45, 7) is 23.3. The fourth-order valence-corrected chi connectivity index (χ4v) is 2.89. The van der Waals surface area contributed by atoms with Crippen LogP contribution in [0.2, 0.25) is 0 Å². The van der Waals surface area contributed by atoms with Crippen LogP contribution in [-0.4, -0.2) is 37.7 Å². The first-order valence-electron chi connectivity index (χ1n) is 12.1. The van der Waals surface area contributed by atoms with Crippen LogP contribution in [0, 0.1) is 0 Å². The van der Waals surface area contributed by atoms with Gasteiger partial charge in [-0.25, -0.2) is 0 Å². The van der Waals surface area contributed by atoms with Gasteiger partial charge in [-0.15, -0.1) is 0 Å². The Bertz CT molecular complexity index is 995. The van der Waals surface area contributed by atoms with E-state index in [0.717, 1.165) is 22.3 Å². The summed E-state index contributed by atoms with van der Waals surface area (Å²) in [5.74, 6) is 0. The Balaban J connectivity index is 0. The van der Waals surface area contributed by atoms with Crippen LogP contribution in [0.4, 0.5) is 0 Å². The molecule has 0 aliphatic carbocycles. The molecule has 0 saturated carbocycles. The topological polar surface area (TPSA) is 0 Å². The molecule has 4 aromatic rings. The maximum absolute atomic E-state index is 3.83. The summed E-state index contributed by atoms with van der Waals surface area (Å²) in [6.07, 6.45) is 0. The molecule has 0 bridgehead atoms. The summed E-state index contributed by atoms with van der Waals surface area (Å²) < 4.78 is 0. The summed E-state index contributed by atoms with van der Waals surface area (Å²) in [7, 11) is 0. The third-order valence-corrected chi connectivity index (χ3v) is 5.07. The van der Waals surface area contributed by atoms with Crippen LogP contribution in [0.15, 0.2) is 148 Å². The van der Waals surface area contributed by atoms with Gasteiger partial charge in [0.2, 0.25) is 0 Å². The van der Waals surface area contributed by atoms with Crippen molar-refractivity contribution < 1.29 is 0 Å². The first kappa shape index (κ1) is 37.2. The second-order valence-corrected chi connectivity index (χ2v) is 8.59. The van der Waals surface area contributed by atoms with Gasteiger partial charge in [0.05, 0.1) is 0 Å². The van der Waals surface area contributed by atoms with Crippen LogP contribution in [-0.2, 0) is 0 Å². The Hall–Kier alpha value is -2.97. The Morgan fingerprint density at radius 1 is 0.316 bits per heavy atom. The molecule has 4 aromatic carbocycles. The van der Waals surface area contributed by atoms with E-state index in [0.29, 0.717) is 0 Å². The second kappa shape index (κ2) is 22.1. The Morgan fingerprint density at radius 2 is 0.447 bits per heavy atom. The molecule has 0 amide bonds. The fraction of sp³-hybridized carbons (Fsp3) is 0.111. The van der Waals surface area contributed by atoms with Crippen molar-refractivity contribution in [3.63, 3.8) is 0 Å². The molecule has 0 N–H and O–H groups in total. The molecule has 0 spiro atoms.